The zero-order valence-corrected chi connectivity index (χ0v) is 21.4. The van der Waals surface area contributed by atoms with Crippen LogP contribution in [0.25, 0.3) is 60.5 Å². The molecule has 1 aromatic heterocycles. The minimum atomic E-state index is -3.03. The Bertz CT molecular complexity index is 2470. The molecule has 0 amide bonds. The molecule has 0 aliphatic heterocycles. The van der Waals surface area contributed by atoms with E-state index in [-0.39, 0.29) is 17.0 Å². The second-order valence-corrected chi connectivity index (χ2v) is 10.3. The molecule has 1 aliphatic carbocycles. The highest BCUT2D eigenvalue weighted by Gasteiger charge is 2.35. The first kappa shape index (κ1) is 14.6. The van der Waals surface area contributed by atoms with Gasteiger partial charge in [0.05, 0.1) is 16.7 Å². The highest BCUT2D eigenvalue weighted by atomic mass is 15.1. The van der Waals surface area contributed by atoms with E-state index in [1.165, 1.54) is 0 Å². The van der Waals surface area contributed by atoms with Crippen LogP contribution in [0, 0.1) is 0 Å². The summed E-state index contributed by atoms with van der Waals surface area (Å²) in [5, 5.41) is 2.76. The summed E-state index contributed by atoms with van der Waals surface area (Å²) >= 11 is 0. The fourth-order valence-corrected chi connectivity index (χ4v) is 6.43. The lowest BCUT2D eigenvalue weighted by Crippen LogP contribution is -2.14. The zero-order chi connectivity index (χ0) is 36.3. The number of aryl methyl sites for hydroxylation is 1. The smallest absolute Gasteiger partial charge is 0.114 e. The number of aromatic nitrogens is 2. The number of hydrogen-bond donors (Lipinski definition) is 0. The SMILES string of the molecule is [2H]C([2H])([2H])C([2H])([2H])c1nc2ccccc2n1-c1c2ccccc2c(-c2ccc3c(c2)C(C([2H])([2H])[2H])(C([2H])([2H])[2H])c2ccccc2-3)c2ccccc12. The summed E-state index contributed by atoms with van der Waals surface area (Å²) in [5.74, 6) is -0.262. The van der Waals surface area contributed by atoms with Gasteiger partial charge in [-0.3, -0.25) is 4.57 Å². The van der Waals surface area contributed by atoms with Gasteiger partial charge < -0.3 is 0 Å². The lowest BCUT2D eigenvalue weighted by molar-refractivity contribution is 0.660. The third-order valence-corrected chi connectivity index (χ3v) is 8.13. The van der Waals surface area contributed by atoms with Gasteiger partial charge in [0, 0.05) is 37.6 Å². The van der Waals surface area contributed by atoms with E-state index in [0.717, 1.165) is 5.56 Å². The van der Waals surface area contributed by atoms with E-state index in [0.29, 0.717) is 55.0 Å². The topological polar surface area (TPSA) is 17.8 Å². The Labute approximate surface area is 250 Å². The quantitative estimate of drug-likeness (QED) is 0.210. The van der Waals surface area contributed by atoms with Crippen molar-refractivity contribution in [3.63, 3.8) is 0 Å². The highest BCUT2D eigenvalue weighted by Crippen LogP contribution is 2.51. The Balaban J connectivity index is 1.50. The van der Waals surface area contributed by atoms with E-state index >= 15 is 0 Å². The molecule has 0 atom stereocenters. The molecule has 0 radical (unpaired) electrons. The molecule has 0 spiro atoms. The molecule has 1 heterocycles. The summed E-state index contributed by atoms with van der Waals surface area (Å²) < 4.78 is 95.9. The summed E-state index contributed by atoms with van der Waals surface area (Å²) in [4.78, 5) is 4.56. The normalized spacial score (nSPS) is 19.1. The fraction of sp³-hybridized carbons (Fsp3) is 0.132. The average molecular weight is 526 g/mol. The molecular formula is C38H30N2. The Kier molecular flexibility index (Phi) is 3.07. The maximum absolute atomic E-state index is 8.83. The van der Waals surface area contributed by atoms with Gasteiger partial charge in [0.15, 0.2) is 0 Å². The molecule has 0 bridgehead atoms. The van der Waals surface area contributed by atoms with Gasteiger partial charge in [-0.05, 0) is 62.4 Å². The maximum atomic E-state index is 8.83. The second kappa shape index (κ2) is 8.40. The van der Waals surface area contributed by atoms with Crippen molar-refractivity contribution in [1.82, 2.24) is 9.55 Å². The van der Waals surface area contributed by atoms with Gasteiger partial charge in [-0.15, -0.1) is 0 Å². The summed E-state index contributed by atoms with van der Waals surface area (Å²) in [6.07, 6.45) is -2.82. The van der Waals surface area contributed by atoms with Crippen LogP contribution in [0.2, 0.25) is 0 Å². The molecule has 1 aliphatic rings. The van der Waals surface area contributed by atoms with Crippen LogP contribution in [0.15, 0.2) is 115 Å². The number of fused-ring (bicyclic) bond motifs is 6. The summed E-state index contributed by atoms with van der Waals surface area (Å²) in [6, 6.07) is 34.2. The van der Waals surface area contributed by atoms with Gasteiger partial charge in [-0.25, -0.2) is 4.98 Å². The maximum Gasteiger partial charge on any atom is 0.114 e. The third-order valence-electron chi connectivity index (χ3n) is 8.13. The van der Waals surface area contributed by atoms with Crippen LogP contribution in [-0.4, -0.2) is 9.55 Å². The third kappa shape index (κ3) is 3.08. The number of rotatable bonds is 3. The first-order chi connectivity index (χ1) is 24.0. The Morgan fingerprint density at radius 1 is 0.700 bits per heavy atom. The van der Waals surface area contributed by atoms with E-state index in [2.05, 4.69) is 4.98 Å². The number of imidazole rings is 1. The molecule has 192 valence electrons. The number of para-hydroxylation sites is 2. The van der Waals surface area contributed by atoms with Gasteiger partial charge in [0.2, 0.25) is 0 Å². The van der Waals surface area contributed by atoms with Crippen LogP contribution in [0.3, 0.4) is 0 Å². The predicted molar refractivity (Wildman–Crippen MR) is 168 cm³/mol. The average Bonchev–Trinajstić information content (AvgIpc) is 3.61. The van der Waals surface area contributed by atoms with E-state index in [1.807, 2.05) is 54.6 Å². The largest absolute Gasteiger partial charge is 0.295 e. The monoisotopic (exact) mass is 525 g/mol. The van der Waals surface area contributed by atoms with Crippen LogP contribution in [0.4, 0.5) is 0 Å². The zero-order valence-electron chi connectivity index (χ0n) is 32.4. The molecule has 0 unspecified atom stereocenters. The molecule has 0 fully saturated rings. The molecule has 0 N–H and O–H groups in total. The second-order valence-electron chi connectivity index (χ2n) is 10.3. The van der Waals surface area contributed by atoms with Crippen molar-refractivity contribution in [2.75, 3.05) is 0 Å². The molecule has 2 nitrogen and oxygen atoms in total. The molecule has 0 saturated heterocycles. The fourth-order valence-electron chi connectivity index (χ4n) is 6.43. The molecule has 40 heavy (non-hydrogen) atoms. The van der Waals surface area contributed by atoms with Crippen molar-refractivity contribution in [2.45, 2.75) is 32.3 Å². The van der Waals surface area contributed by atoms with Gasteiger partial charge in [-0.2, -0.15) is 0 Å². The van der Waals surface area contributed by atoms with Crippen molar-refractivity contribution in [1.29, 1.82) is 0 Å². The van der Waals surface area contributed by atoms with E-state index in [9.17, 15) is 0 Å². The van der Waals surface area contributed by atoms with Crippen LogP contribution < -0.4 is 0 Å². The highest BCUT2D eigenvalue weighted by molar-refractivity contribution is 6.18. The molecule has 0 saturated carbocycles. The van der Waals surface area contributed by atoms with Crippen LogP contribution in [0.5, 0.6) is 0 Å². The molecule has 6 aromatic carbocycles. The summed E-state index contributed by atoms with van der Waals surface area (Å²) in [7, 11) is 0. The van der Waals surface area contributed by atoms with Crippen LogP contribution in [0.1, 0.15) is 52.6 Å². The van der Waals surface area contributed by atoms with Gasteiger partial charge in [-0.1, -0.05) is 118 Å². The Hall–Kier alpha value is -4.69. The Morgan fingerprint density at radius 3 is 2.10 bits per heavy atom. The molecular weight excluding hydrogens is 484 g/mol. The van der Waals surface area contributed by atoms with Crippen molar-refractivity contribution < 1.29 is 15.1 Å². The van der Waals surface area contributed by atoms with Crippen molar-refractivity contribution >= 4 is 32.6 Å². The first-order valence-corrected chi connectivity index (χ1v) is 13.2. The van der Waals surface area contributed by atoms with Crippen molar-refractivity contribution in [3.8, 4) is 27.9 Å². The Morgan fingerprint density at radius 2 is 1.35 bits per heavy atom. The van der Waals surface area contributed by atoms with E-state index < -0.39 is 32.3 Å². The van der Waals surface area contributed by atoms with Crippen molar-refractivity contribution in [3.05, 3.63) is 132 Å². The lowest BCUT2D eigenvalue weighted by atomic mass is 9.81. The molecule has 2 heteroatoms. The molecule has 7 aromatic rings. The van der Waals surface area contributed by atoms with Crippen molar-refractivity contribution in [2.24, 2.45) is 0 Å². The number of hydrogen-bond acceptors (Lipinski definition) is 1. The predicted octanol–water partition coefficient (Wildman–Crippen LogP) is 9.87. The number of nitrogens with zero attached hydrogens (tertiary/aromatic N) is 2. The van der Waals surface area contributed by atoms with Crippen LogP contribution >= 0.6 is 0 Å². The van der Waals surface area contributed by atoms with E-state index in [1.54, 1.807) is 65.2 Å². The lowest BCUT2D eigenvalue weighted by Gasteiger charge is -2.23. The number of benzene rings is 6. The minimum Gasteiger partial charge on any atom is -0.295 e. The van der Waals surface area contributed by atoms with Crippen LogP contribution in [-0.2, 0) is 11.8 Å². The summed E-state index contributed by atoms with van der Waals surface area (Å²) in [6.45, 7) is -8.88. The standard InChI is InChI=1S/C38H30N2/c1-4-35-39-33-19-11-12-20-34(33)40(35)37-29-16-7-5-14-27(29)36(28-15-6-8-17-30(28)37)24-21-22-26-25-13-9-10-18-31(25)38(2,3)32(26)23-24/h5-23H,4H2,1-3H3/i1D3,2D3,3D3,4D2. The van der Waals surface area contributed by atoms with Gasteiger partial charge in [0.1, 0.15) is 5.82 Å². The summed E-state index contributed by atoms with van der Waals surface area (Å²) in [5.41, 5.74) is 2.10. The van der Waals surface area contributed by atoms with Gasteiger partial charge >= 0.3 is 0 Å². The molecule has 8 rings (SSSR count). The van der Waals surface area contributed by atoms with Gasteiger partial charge in [0.25, 0.3) is 0 Å². The first-order valence-electron chi connectivity index (χ1n) is 18.7. The van der Waals surface area contributed by atoms with E-state index in [4.69, 9.17) is 15.1 Å². The minimum absolute atomic E-state index is 0.201.